The molecule has 1 aromatic rings. The van der Waals surface area contributed by atoms with Crippen molar-refractivity contribution < 1.29 is 13.2 Å². The Bertz CT molecular complexity index is 467. The molecule has 0 aliphatic rings. The maximum absolute atomic E-state index is 12.3. The fourth-order valence-electron chi connectivity index (χ4n) is 1.84. The summed E-state index contributed by atoms with van der Waals surface area (Å²) in [5.41, 5.74) is 1.58. The molecule has 0 radical (unpaired) electrons. The van der Waals surface area contributed by atoms with Crippen molar-refractivity contribution in [2.24, 2.45) is 0 Å². The van der Waals surface area contributed by atoms with Crippen molar-refractivity contribution in [1.29, 1.82) is 0 Å². The Balaban J connectivity index is 2.85. The fourth-order valence-corrected chi connectivity index (χ4v) is 2.04. The van der Waals surface area contributed by atoms with E-state index in [0.29, 0.717) is 11.6 Å². The van der Waals surface area contributed by atoms with Gasteiger partial charge in [0.05, 0.1) is 6.42 Å². The standard InChI is InChI=1S/C15H22ClF3N2/c1-14(2,3)20-10-11-9-12(16)5-6-13(11)21(4)8-7-15(17,18)19/h5-6,9,20H,7-8,10H2,1-4H3. The Kier molecular flexibility index (Phi) is 5.93. The van der Waals surface area contributed by atoms with Gasteiger partial charge in [-0.3, -0.25) is 0 Å². The molecule has 0 bridgehead atoms. The van der Waals surface area contributed by atoms with Gasteiger partial charge < -0.3 is 10.2 Å². The van der Waals surface area contributed by atoms with E-state index in [1.165, 1.54) is 0 Å². The maximum atomic E-state index is 12.3. The van der Waals surface area contributed by atoms with Crippen LogP contribution in [0.15, 0.2) is 18.2 Å². The second-order valence-corrected chi connectivity index (χ2v) is 6.60. The molecule has 0 aliphatic carbocycles. The van der Waals surface area contributed by atoms with E-state index in [9.17, 15) is 13.2 Å². The third-order valence-electron chi connectivity index (χ3n) is 2.99. The second kappa shape index (κ2) is 6.88. The summed E-state index contributed by atoms with van der Waals surface area (Å²) in [7, 11) is 1.66. The molecule has 0 spiro atoms. The normalized spacial score (nSPS) is 12.6. The summed E-state index contributed by atoms with van der Waals surface area (Å²) in [6, 6.07) is 5.25. The van der Waals surface area contributed by atoms with Crippen LogP contribution in [0.5, 0.6) is 0 Å². The van der Waals surface area contributed by atoms with Crippen LogP contribution in [0, 0.1) is 0 Å². The lowest BCUT2D eigenvalue weighted by Crippen LogP contribution is -2.35. The fraction of sp³-hybridized carbons (Fsp3) is 0.600. The highest BCUT2D eigenvalue weighted by Gasteiger charge is 2.27. The van der Waals surface area contributed by atoms with Crippen molar-refractivity contribution in [3.05, 3.63) is 28.8 Å². The first-order chi connectivity index (χ1) is 9.48. The summed E-state index contributed by atoms with van der Waals surface area (Å²) in [5, 5.41) is 3.90. The summed E-state index contributed by atoms with van der Waals surface area (Å²) in [4.78, 5) is 1.61. The Morgan fingerprint density at radius 3 is 2.33 bits per heavy atom. The average molecular weight is 323 g/mol. The van der Waals surface area contributed by atoms with Crippen LogP contribution in [-0.4, -0.2) is 25.3 Å². The molecule has 0 saturated heterocycles. The molecular weight excluding hydrogens is 301 g/mol. The molecule has 0 heterocycles. The molecule has 0 amide bonds. The molecule has 2 nitrogen and oxygen atoms in total. The molecule has 1 rings (SSSR count). The molecule has 0 unspecified atom stereocenters. The molecule has 120 valence electrons. The predicted octanol–water partition coefficient (Wildman–Crippen LogP) is 4.62. The van der Waals surface area contributed by atoms with E-state index in [1.807, 2.05) is 20.8 Å². The summed E-state index contributed by atoms with van der Waals surface area (Å²) in [5.74, 6) is 0. The van der Waals surface area contributed by atoms with Crippen LogP contribution < -0.4 is 10.2 Å². The number of halogens is 4. The van der Waals surface area contributed by atoms with Crippen LogP contribution in [0.2, 0.25) is 5.02 Å². The highest BCUT2D eigenvalue weighted by molar-refractivity contribution is 6.30. The first kappa shape index (κ1) is 18.1. The molecule has 21 heavy (non-hydrogen) atoms. The lowest BCUT2D eigenvalue weighted by Gasteiger charge is -2.26. The molecular formula is C15H22ClF3N2. The molecule has 6 heteroatoms. The predicted molar refractivity (Wildman–Crippen MR) is 82.0 cm³/mol. The molecule has 1 N–H and O–H groups in total. The van der Waals surface area contributed by atoms with Gasteiger partial charge in [0.2, 0.25) is 0 Å². The number of anilines is 1. The van der Waals surface area contributed by atoms with Crippen molar-refractivity contribution in [2.45, 2.75) is 45.5 Å². The minimum Gasteiger partial charge on any atom is -0.374 e. The third-order valence-corrected chi connectivity index (χ3v) is 3.23. The quantitative estimate of drug-likeness (QED) is 0.851. The van der Waals surface area contributed by atoms with E-state index in [2.05, 4.69) is 5.32 Å². The lowest BCUT2D eigenvalue weighted by molar-refractivity contribution is -0.132. The van der Waals surface area contributed by atoms with Gasteiger partial charge in [-0.15, -0.1) is 0 Å². The van der Waals surface area contributed by atoms with E-state index < -0.39 is 12.6 Å². The number of alkyl halides is 3. The number of hydrogen-bond acceptors (Lipinski definition) is 2. The summed E-state index contributed by atoms with van der Waals surface area (Å²) in [6.07, 6.45) is -4.98. The Labute approximate surface area is 129 Å². The number of rotatable bonds is 5. The summed E-state index contributed by atoms with van der Waals surface area (Å²) in [6.45, 7) is 6.57. The van der Waals surface area contributed by atoms with Gasteiger partial charge in [0.15, 0.2) is 0 Å². The van der Waals surface area contributed by atoms with Gasteiger partial charge >= 0.3 is 6.18 Å². The van der Waals surface area contributed by atoms with Gasteiger partial charge in [-0.25, -0.2) is 0 Å². The van der Waals surface area contributed by atoms with Crippen molar-refractivity contribution in [3.63, 3.8) is 0 Å². The van der Waals surface area contributed by atoms with Gasteiger partial charge in [0.1, 0.15) is 0 Å². The van der Waals surface area contributed by atoms with Crippen LogP contribution in [-0.2, 0) is 6.54 Å². The third kappa shape index (κ3) is 7.05. The van der Waals surface area contributed by atoms with Crippen molar-refractivity contribution >= 4 is 17.3 Å². The Morgan fingerprint density at radius 1 is 1.19 bits per heavy atom. The summed E-state index contributed by atoms with van der Waals surface area (Å²) >= 11 is 5.99. The van der Waals surface area contributed by atoms with Crippen LogP contribution in [0.1, 0.15) is 32.8 Å². The van der Waals surface area contributed by atoms with E-state index in [-0.39, 0.29) is 12.1 Å². The van der Waals surface area contributed by atoms with Crippen molar-refractivity contribution in [2.75, 3.05) is 18.5 Å². The van der Waals surface area contributed by atoms with E-state index >= 15 is 0 Å². The van der Waals surface area contributed by atoms with E-state index in [1.54, 1.807) is 30.1 Å². The maximum Gasteiger partial charge on any atom is 0.390 e. The first-order valence-electron chi connectivity index (χ1n) is 6.79. The van der Waals surface area contributed by atoms with E-state index in [0.717, 1.165) is 11.3 Å². The lowest BCUT2D eigenvalue weighted by atomic mass is 10.1. The van der Waals surface area contributed by atoms with Gasteiger partial charge in [-0.05, 0) is 44.5 Å². The van der Waals surface area contributed by atoms with Crippen molar-refractivity contribution in [1.82, 2.24) is 5.32 Å². The topological polar surface area (TPSA) is 15.3 Å². The molecule has 0 saturated carbocycles. The smallest absolute Gasteiger partial charge is 0.374 e. The first-order valence-corrected chi connectivity index (χ1v) is 7.17. The molecule has 0 aromatic heterocycles. The number of hydrogen-bond donors (Lipinski definition) is 1. The van der Waals surface area contributed by atoms with Gasteiger partial charge in [-0.2, -0.15) is 13.2 Å². The van der Waals surface area contributed by atoms with Crippen LogP contribution in [0.4, 0.5) is 18.9 Å². The number of nitrogens with one attached hydrogen (secondary N) is 1. The summed E-state index contributed by atoms with van der Waals surface area (Å²) < 4.78 is 37.0. The molecule has 0 aliphatic heterocycles. The van der Waals surface area contributed by atoms with Crippen LogP contribution >= 0.6 is 11.6 Å². The van der Waals surface area contributed by atoms with E-state index in [4.69, 9.17) is 11.6 Å². The van der Waals surface area contributed by atoms with Crippen LogP contribution in [0.3, 0.4) is 0 Å². The number of nitrogens with zero attached hydrogens (tertiary/aromatic N) is 1. The average Bonchev–Trinajstić information content (AvgIpc) is 2.32. The highest BCUT2D eigenvalue weighted by Crippen LogP contribution is 2.26. The van der Waals surface area contributed by atoms with Crippen LogP contribution in [0.25, 0.3) is 0 Å². The minimum absolute atomic E-state index is 0.0757. The monoisotopic (exact) mass is 322 g/mol. The molecule has 0 fully saturated rings. The number of benzene rings is 1. The minimum atomic E-state index is -4.15. The SMILES string of the molecule is CN(CCC(F)(F)F)c1ccc(Cl)cc1CNC(C)(C)C. The largest absolute Gasteiger partial charge is 0.390 e. The zero-order valence-electron chi connectivity index (χ0n) is 12.8. The second-order valence-electron chi connectivity index (χ2n) is 6.16. The zero-order valence-corrected chi connectivity index (χ0v) is 13.6. The zero-order chi connectivity index (χ0) is 16.3. The van der Waals surface area contributed by atoms with Crippen molar-refractivity contribution in [3.8, 4) is 0 Å². The molecule has 1 aromatic carbocycles. The van der Waals surface area contributed by atoms with Gasteiger partial charge in [0, 0.05) is 36.4 Å². The van der Waals surface area contributed by atoms with Gasteiger partial charge in [0.25, 0.3) is 0 Å². The molecule has 0 atom stereocenters. The Morgan fingerprint density at radius 2 is 1.81 bits per heavy atom. The Hall–Kier alpha value is -0.940. The van der Waals surface area contributed by atoms with Gasteiger partial charge in [-0.1, -0.05) is 11.6 Å². The highest BCUT2D eigenvalue weighted by atomic mass is 35.5.